The molecule has 0 aliphatic heterocycles. The lowest BCUT2D eigenvalue weighted by Gasteiger charge is -2.23. The number of carbonyl (C=O) groups excluding carboxylic acids is 2. The Labute approximate surface area is 165 Å². The largest absolute Gasteiger partial charge is 0.496 e. The number of carbonyl (C=O) groups is 2. The molecular formula is C21H25ClN2O3. The van der Waals surface area contributed by atoms with Gasteiger partial charge in [-0.15, -0.1) is 0 Å². The fraction of sp³-hybridized carbons (Fsp3) is 0.333. The van der Waals surface area contributed by atoms with Crippen LogP contribution in [0.25, 0.3) is 0 Å². The molecule has 144 valence electrons. The summed E-state index contributed by atoms with van der Waals surface area (Å²) in [7, 11) is 1.63. The molecule has 0 spiro atoms. The van der Waals surface area contributed by atoms with Crippen molar-refractivity contribution in [3.63, 3.8) is 0 Å². The second kappa shape index (κ2) is 9.97. The lowest BCUT2D eigenvalue weighted by atomic mass is 10.1. The van der Waals surface area contributed by atoms with Crippen molar-refractivity contribution in [2.75, 3.05) is 25.1 Å². The van der Waals surface area contributed by atoms with Crippen molar-refractivity contribution in [1.82, 2.24) is 5.32 Å². The third-order valence-corrected chi connectivity index (χ3v) is 4.55. The summed E-state index contributed by atoms with van der Waals surface area (Å²) in [6, 6.07) is 13.1. The van der Waals surface area contributed by atoms with E-state index in [2.05, 4.69) is 5.32 Å². The molecule has 0 saturated carbocycles. The molecule has 0 atom stereocenters. The first-order valence-electron chi connectivity index (χ1n) is 8.85. The fourth-order valence-electron chi connectivity index (χ4n) is 2.87. The summed E-state index contributed by atoms with van der Waals surface area (Å²) < 4.78 is 5.31. The Morgan fingerprint density at radius 3 is 2.63 bits per heavy atom. The number of benzene rings is 2. The van der Waals surface area contributed by atoms with Gasteiger partial charge in [-0.1, -0.05) is 35.9 Å². The van der Waals surface area contributed by atoms with E-state index in [-0.39, 0.29) is 18.2 Å². The fourth-order valence-corrected chi connectivity index (χ4v) is 3.04. The Kier molecular flexibility index (Phi) is 7.67. The zero-order valence-corrected chi connectivity index (χ0v) is 16.7. The number of para-hydroxylation sites is 1. The van der Waals surface area contributed by atoms with Crippen LogP contribution in [0.2, 0.25) is 5.02 Å². The van der Waals surface area contributed by atoms with Crippen molar-refractivity contribution in [2.45, 2.75) is 26.7 Å². The van der Waals surface area contributed by atoms with Crippen LogP contribution >= 0.6 is 11.6 Å². The van der Waals surface area contributed by atoms with Crippen LogP contribution in [0.15, 0.2) is 42.5 Å². The molecule has 5 nitrogen and oxygen atoms in total. The van der Waals surface area contributed by atoms with Gasteiger partial charge in [0.1, 0.15) is 5.75 Å². The number of ether oxygens (including phenoxy) is 1. The van der Waals surface area contributed by atoms with Gasteiger partial charge in [-0.05, 0) is 42.7 Å². The SMILES string of the molecule is COc1ccccc1CCNC(=O)CCN(C(C)=O)c1cc(Cl)ccc1C. The van der Waals surface area contributed by atoms with Gasteiger partial charge in [-0.3, -0.25) is 9.59 Å². The molecule has 0 aliphatic rings. The highest BCUT2D eigenvalue weighted by Crippen LogP contribution is 2.24. The van der Waals surface area contributed by atoms with E-state index < -0.39 is 0 Å². The van der Waals surface area contributed by atoms with Crippen molar-refractivity contribution in [3.8, 4) is 5.75 Å². The summed E-state index contributed by atoms with van der Waals surface area (Å²) in [4.78, 5) is 25.8. The van der Waals surface area contributed by atoms with Crippen LogP contribution < -0.4 is 15.0 Å². The molecule has 6 heteroatoms. The van der Waals surface area contributed by atoms with Crippen molar-refractivity contribution in [3.05, 3.63) is 58.6 Å². The van der Waals surface area contributed by atoms with E-state index >= 15 is 0 Å². The molecule has 2 rings (SSSR count). The Morgan fingerprint density at radius 2 is 1.93 bits per heavy atom. The zero-order chi connectivity index (χ0) is 19.8. The molecule has 0 aromatic heterocycles. The van der Waals surface area contributed by atoms with E-state index in [9.17, 15) is 9.59 Å². The maximum Gasteiger partial charge on any atom is 0.223 e. The summed E-state index contributed by atoms with van der Waals surface area (Å²) in [6.07, 6.45) is 0.900. The highest BCUT2D eigenvalue weighted by Gasteiger charge is 2.16. The Bertz CT molecular complexity index is 808. The number of aryl methyl sites for hydroxylation is 1. The normalized spacial score (nSPS) is 10.4. The quantitative estimate of drug-likeness (QED) is 0.749. The minimum Gasteiger partial charge on any atom is -0.496 e. The van der Waals surface area contributed by atoms with E-state index in [0.717, 1.165) is 22.6 Å². The number of hydrogen-bond acceptors (Lipinski definition) is 3. The molecule has 2 aromatic carbocycles. The predicted molar refractivity (Wildman–Crippen MR) is 109 cm³/mol. The molecule has 0 saturated heterocycles. The van der Waals surface area contributed by atoms with E-state index in [1.165, 1.54) is 6.92 Å². The third-order valence-electron chi connectivity index (χ3n) is 4.31. The zero-order valence-electron chi connectivity index (χ0n) is 15.9. The number of halogens is 1. The molecule has 2 aromatic rings. The maximum atomic E-state index is 12.2. The minimum atomic E-state index is -0.123. The topological polar surface area (TPSA) is 58.6 Å². The molecule has 0 fully saturated rings. The van der Waals surface area contributed by atoms with Gasteiger partial charge in [-0.25, -0.2) is 0 Å². The van der Waals surface area contributed by atoms with Crippen LogP contribution in [0.5, 0.6) is 5.75 Å². The third kappa shape index (κ3) is 6.00. The van der Waals surface area contributed by atoms with Crippen molar-refractivity contribution < 1.29 is 14.3 Å². The van der Waals surface area contributed by atoms with E-state index in [0.29, 0.717) is 24.5 Å². The van der Waals surface area contributed by atoms with Gasteiger partial charge in [-0.2, -0.15) is 0 Å². The Hall–Kier alpha value is -2.53. The Balaban J connectivity index is 1.89. The number of nitrogens with zero attached hydrogens (tertiary/aromatic N) is 1. The first-order chi connectivity index (χ1) is 12.9. The van der Waals surface area contributed by atoms with Gasteiger partial charge >= 0.3 is 0 Å². The molecule has 0 aliphatic carbocycles. The number of nitrogens with one attached hydrogen (secondary N) is 1. The molecule has 0 unspecified atom stereocenters. The van der Waals surface area contributed by atoms with E-state index in [1.807, 2.05) is 37.3 Å². The van der Waals surface area contributed by atoms with Crippen LogP contribution in [0, 0.1) is 6.92 Å². The first-order valence-corrected chi connectivity index (χ1v) is 9.23. The van der Waals surface area contributed by atoms with Gasteiger partial charge < -0.3 is 15.0 Å². The predicted octanol–water partition coefficient (Wildman–Crippen LogP) is 3.76. The van der Waals surface area contributed by atoms with Gasteiger partial charge in [0.05, 0.1) is 7.11 Å². The van der Waals surface area contributed by atoms with Crippen LogP contribution in [-0.2, 0) is 16.0 Å². The minimum absolute atomic E-state index is 0.101. The summed E-state index contributed by atoms with van der Waals surface area (Å²) >= 11 is 6.05. The number of rotatable bonds is 8. The van der Waals surface area contributed by atoms with Crippen LogP contribution in [-0.4, -0.2) is 32.0 Å². The van der Waals surface area contributed by atoms with E-state index in [4.69, 9.17) is 16.3 Å². The lowest BCUT2D eigenvalue weighted by molar-refractivity contribution is -0.121. The lowest BCUT2D eigenvalue weighted by Crippen LogP contribution is -2.34. The second-order valence-corrected chi connectivity index (χ2v) is 6.70. The summed E-state index contributed by atoms with van der Waals surface area (Å²) in [5.41, 5.74) is 2.71. The molecule has 2 amide bonds. The van der Waals surface area contributed by atoms with Crippen molar-refractivity contribution in [1.29, 1.82) is 0 Å². The van der Waals surface area contributed by atoms with Crippen molar-refractivity contribution in [2.24, 2.45) is 0 Å². The molecule has 0 heterocycles. The molecular weight excluding hydrogens is 364 g/mol. The summed E-state index contributed by atoms with van der Waals surface area (Å²) in [5.74, 6) is 0.587. The highest BCUT2D eigenvalue weighted by atomic mass is 35.5. The van der Waals surface area contributed by atoms with Crippen LogP contribution in [0.3, 0.4) is 0 Å². The van der Waals surface area contributed by atoms with Gasteiger partial charge in [0.2, 0.25) is 11.8 Å². The molecule has 27 heavy (non-hydrogen) atoms. The first kappa shape index (κ1) is 20.8. The van der Waals surface area contributed by atoms with Crippen LogP contribution in [0.1, 0.15) is 24.5 Å². The molecule has 0 bridgehead atoms. The van der Waals surface area contributed by atoms with Gasteiger partial charge in [0.15, 0.2) is 0 Å². The average molecular weight is 389 g/mol. The van der Waals surface area contributed by atoms with E-state index in [1.54, 1.807) is 24.1 Å². The molecule has 0 radical (unpaired) electrons. The number of hydrogen-bond donors (Lipinski definition) is 1. The number of anilines is 1. The smallest absolute Gasteiger partial charge is 0.223 e. The maximum absolute atomic E-state index is 12.2. The van der Waals surface area contributed by atoms with Gasteiger partial charge in [0, 0.05) is 37.1 Å². The molecule has 1 N–H and O–H groups in total. The number of methoxy groups -OCH3 is 1. The summed E-state index contributed by atoms with van der Waals surface area (Å²) in [5, 5.41) is 3.45. The van der Waals surface area contributed by atoms with Crippen LogP contribution in [0.4, 0.5) is 5.69 Å². The standard InChI is InChI=1S/C21H25ClN2O3/c1-15-8-9-18(22)14-19(15)24(16(2)25)13-11-21(26)23-12-10-17-6-4-5-7-20(17)27-3/h4-9,14H,10-13H2,1-3H3,(H,23,26). The Morgan fingerprint density at radius 1 is 1.19 bits per heavy atom. The number of amides is 2. The average Bonchev–Trinajstić information content (AvgIpc) is 2.64. The highest BCUT2D eigenvalue weighted by molar-refractivity contribution is 6.31. The van der Waals surface area contributed by atoms with Gasteiger partial charge in [0.25, 0.3) is 0 Å². The van der Waals surface area contributed by atoms with Crippen molar-refractivity contribution >= 4 is 29.1 Å². The summed E-state index contributed by atoms with van der Waals surface area (Å²) in [6.45, 7) is 4.21. The second-order valence-electron chi connectivity index (χ2n) is 6.26. The monoisotopic (exact) mass is 388 g/mol.